The third kappa shape index (κ3) is 4.23. The summed E-state index contributed by atoms with van der Waals surface area (Å²) in [5.41, 5.74) is 1.61. The fraction of sp³-hybridized carbons (Fsp3) is 0.143. The number of carbonyl (C=O) groups is 2. The number of nitrogens with zero attached hydrogens (tertiary/aromatic N) is 1. The SMILES string of the molecule is CN(Cc1ccc2ccccc2c1)C(=O)CNC(=O)c1ccccc1. The van der Waals surface area contributed by atoms with Gasteiger partial charge in [-0.15, -0.1) is 0 Å². The van der Waals surface area contributed by atoms with E-state index in [4.69, 9.17) is 0 Å². The minimum Gasteiger partial charge on any atom is -0.343 e. The van der Waals surface area contributed by atoms with Crippen molar-refractivity contribution in [3.05, 3.63) is 83.9 Å². The van der Waals surface area contributed by atoms with Crippen molar-refractivity contribution in [1.29, 1.82) is 0 Å². The van der Waals surface area contributed by atoms with Crippen molar-refractivity contribution in [1.82, 2.24) is 10.2 Å². The molecule has 1 N–H and O–H groups in total. The van der Waals surface area contributed by atoms with Gasteiger partial charge in [-0.05, 0) is 34.5 Å². The fourth-order valence-electron chi connectivity index (χ4n) is 2.68. The van der Waals surface area contributed by atoms with Gasteiger partial charge in [-0.2, -0.15) is 0 Å². The van der Waals surface area contributed by atoms with Crippen LogP contribution in [0.2, 0.25) is 0 Å². The highest BCUT2D eigenvalue weighted by molar-refractivity contribution is 5.96. The highest BCUT2D eigenvalue weighted by atomic mass is 16.2. The Morgan fingerprint density at radius 2 is 1.56 bits per heavy atom. The summed E-state index contributed by atoms with van der Waals surface area (Å²) in [5.74, 6) is -0.370. The molecule has 126 valence electrons. The number of carbonyl (C=O) groups excluding carboxylic acids is 2. The molecule has 0 unspecified atom stereocenters. The molecule has 0 spiro atoms. The first kappa shape index (κ1) is 16.7. The van der Waals surface area contributed by atoms with Crippen LogP contribution in [0.3, 0.4) is 0 Å². The number of rotatable bonds is 5. The molecular weight excluding hydrogens is 312 g/mol. The largest absolute Gasteiger partial charge is 0.343 e. The van der Waals surface area contributed by atoms with Gasteiger partial charge in [0.25, 0.3) is 5.91 Å². The van der Waals surface area contributed by atoms with E-state index in [1.165, 1.54) is 5.39 Å². The number of amides is 2. The van der Waals surface area contributed by atoms with Crippen LogP contribution in [0, 0.1) is 0 Å². The number of hydrogen-bond donors (Lipinski definition) is 1. The quantitative estimate of drug-likeness (QED) is 0.780. The Kier molecular flexibility index (Phi) is 5.09. The van der Waals surface area contributed by atoms with Crippen LogP contribution in [-0.2, 0) is 11.3 Å². The summed E-state index contributed by atoms with van der Waals surface area (Å²) < 4.78 is 0. The number of hydrogen-bond acceptors (Lipinski definition) is 2. The second-order valence-corrected chi connectivity index (χ2v) is 5.98. The molecule has 0 aromatic heterocycles. The summed E-state index contributed by atoms with van der Waals surface area (Å²) in [7, 11) is 1.74. The van der Waals surface area contributed by atoms with E-state index in [0.717, 1.165) is 10.9 Å². The van der Waals surface area contributed by atoms with Gasteiger partial charge in [0.15, 0.2) is 0 Å². The highest BCUT2D eigenvalue weighted by Crippen LogP contribution is 2.16. The Bertz CT molecular complexity index is 891. The molecule has 0 fully saturated rings. The summed E-state index contributed by atoms with van der Waals surface area (Å²) in [6, 6.07) is 23.2. The number of nitrogens with one attached hydrogen (secondary N) is 1. The fourth-order valence-corrected chi connectivity index (χ4v) is 2.68. The topological polar surface area (TPSA) is 49.4 Å². The van der Waals surface area contributed by atoms with Gasteiger partial charge in [0.2, 0.25) is 5.91 Å². The van der Waals surface area contributed by atoms with E-state index in [1.54, 1.807) is 36.2 Å². The van der Waals surface area contributed by atoms with Gasteiger partial charge < -0.3 is 10.2 Å². The maximum Gasteiger partial charge on any atom is 0.251 e. The average molecular weight is 332 g/mol. The minimum atomic E-state index is -0.243. The predicted octanol–water partition coefficient (Wildman–Crippen LogP) is 3.23. The number of fused-ring (bicyclic) bond motifs is 1. The summed E-state index contributed by atoms with van der Waals surface area (Å²) in [6.07, 6.45) is 0. The molecule has 3 rings (SSSR count). The van der Waals surface area contributed by atoms with Crippen molar-refractivity contribution in [3.63, 3.8) is 0 Å². The van der Waals surface area contributed by atoms with Gasteiger partial charge in [0.05, 0.1) is 6.54 Å². The maximum absolute atomic E-state index is 12.3. The first-order valence-electron chi connectivity index (χ1n) is 8.18. The Morgan fingerprint density at radius 1 is 0.880 bits per heavy atom. The van der Waals surface area contributed by atoms with Gasteiger partial charge in [0.1, 0.15) is 0 Å². The van der Waals surface area contributed by atoms with Crippen LogP contribution in [0.25, 0.3) is 10.8 Å². The molecule has 25 heavy (non-hydrogen) atoms. The molecule has 0 aliphatic heterocycles. The van der Waals surface area contributed by atoms with E-state index in [0.29, 0.717) is 12.1 Å². The lowest BCUT2D eigenvalue weighted by atomic mass is 10.1. The molecular formula is C21H20N2O2. The van der Waals surface area contributed by atoms with Crippen LogP contribution < -0.4 is 5.32 Å². The van der Waals surface area contributed by atoms with Gasteiger partial charge in [0, 0.05) is 19.2 Å². The lowest BCUT2D eigenvalue weighted by Crippen LogP contribution is -2.37. The Labute approximate surface area is 147 Å². The molecule has 0 aliphatic rings. The lowest BCUT2D eigenvalue weighted by Gasteiger charge is -2.18. The zero-order valence-corrected chi connectivity index (χ0v) is 14.1. The Balaban J connectivity index is 1.57. The van der Waals surface area contributed by atoms with Crippen LogP contribution in [0.15, 0.2) is 72.8 Å². The van der Waals surface area contributed by atoms with Gasteiger partial charge in [-0.3, -0.25) is 9.59 Å². The van der Waals surface area contributed by atoms with Crippen molar-refractivity contribution < 1.29 is 9.59 Å². The van der Waals surface area contributed by atoms with E-state index >= 15 is 0 Å². The van der Waals surface area contributed by atoms with Gasteiger partial charge in [-0.1, -0.05) is 54.6 Å². The molecule has 0 aliphatic carbocycles. The van der Waals surface area contributed by atoms with Crippen LogP contribution in [0.5, 0.6) is 0 Å². The van der Waals surface area contributed by atoms with Crippen molar-refractivity contribution >= 4 is 22.6 Å². The standard InChI is InChI=1S/C21H20N2O2/c1-23(15-16-11-12-17-7-5-6-10-19(17)13-16)20(24)14-22-21(25)18-8-3-2-4-9-18/h2-13H,14-15H2,1H3,(H,22,25). The van der Waals surface area contributed by atoms with Gasteiger partial charge in [-0.25, -0.2) is 0 Å². The molecule has 0 saturated heterocycles. The summed E-state index contributed by atoms with van der Waals surface area (Å²) >= 11 is 0. The third-order valence-corrected chi connectivity index (χ3v) is 4.10. The summed E-state index contributed by atoms with van der Waals surface area (Å²) in [5, 5.41) is 4.99. The monoisotopic (exact) mass is 332 g/mol. The molecule has 0 saturated carbocycles. The van der Waals surface area contributed by atoms with E-state index in [9.17, 15) is 9.59 Å². The molecule has 0 heterocycles. The molecule has 3 aromatic carbocycles. The molecule has 3 aromatic rings. The summed E-state index contributed by atoms with van der Waals surface area (Å²) in [6.45, 7) is 0.489. The zero-order chi connectivity index (χ0) is 17.6. The van der Waals surface area contributed by atoms with Crippen LogP contribution in [0.1, 0.15) is 15.9 Å². The van der Waals surface area contributed by atoms with Crippen molar-refractivity contribution in [2.24, 2.45) is 0 Å². The second kappa shape index (κ2) is 7.62. The highest BCUT2D eigenvalue weighted by Gasteiger charge is 2.12. The molecule has 4 heteroatoms. The first-order chi connectivity index (χ1) is 12.1. The zero-order valence-electron chi connectivity index (χ0n) is 14.1. The molecule has 0 bridgehead atoms. The number of benzene rings is 3. The van der Waals surface area contributed by atoms with Crippen LogP contribution in [-0.4, -0.2) is 30.3 Å². The normalized spacial score (nSPS) is 10.4. The second-order valence-electron chi connectivity index (χ2n) is 5.98. The van der Waals surface area contributed by atoms with E-state index in [2.05, 4.69) is 29.6 Å². The lowest BCUT2D eigenvalue weighted by molar-refractivity contribution is -0.129. The Morgan fingerprint density at radius 3 is 2.32 bits per heavy atom. The van der Waals surface area contributed by atoms with E-state index in [-0.39, 0.29) is 18.4 Å². The van der Waals surface area contributed by atoms with Crippen molar-refractivity contribution in [3.8, 4) is 0 Å². The molecule has 0 atom stereocenters. The van der Waals surface area contributed by atoms with Crippen molar-refractivity contribution in [2.75, 3.05) is 13.6 Å². The molecule has 4 nitrogen and oxygen atoms in total. The smallest absolute Gasteiger partial charge is 0.251 e. The predicted molar refractivity (Wildman–Crippen MR) is 99.2 cm³/mol. The first-order valence-corrected chi connectivity index (χ1v) is 8.18. The van der Waals surface area contributed by atoms with Crippen LogP contribution in [0.4, 0.5) is 0 Å². The molecule has 2 amide bonds. The molecule has 0 radical (unpaired) electrons. The van der Waals surface area contributed by atoms with Crippen LogP contribution >= 0.6 is 0 Å². The van der Waals surface area contributed by atoms with E-state index in [1.807, 2.05) is 24.3 Å². The van der Waals surface area contributed by atoms with Crippen molar-refractivity contribution in [2.45, 2.75) is 6.54 Å². The Hall–Kier alpha value is -3.14. The summed E-state index contributed by atoms with van der Waals surface area (Å²) in [4.78, 5) is 25.9. The number of likely N-dealkylation sites (N-methyl/N-ethyl adjacent to an activating group) is 1. The maximum atomic E-state index is 12.3. The van der Waals surface area contributed by atoms with E-state index < -0.39 is 0 Å². The average Bonchev–Trinajstić information content (AvgIpc) is 2.66. The minimum absolute atomic E-state index is 0.0161. The van der Waals surface area contributed by atoms with Gasteiger partial charge >= 0.3 is 0 Å². The third-order valence-electron chi connectivity index (χ3n) is 4.10.